The van der Waals surface area contributed by atoms with E-state index in [2.05, 4.69) is 16.0 Å². The molecule has 0 unspecified atom stereocenters. The van der Waals surface area contributed by atoms with Crippen molar-refractivity contribution >= 4 is 11.9 Å². The number of carboxylic acid groups (broad SMARTS) is 1. The molecule has 1 amide bonds. The van der Waals surface area contributed by atoms with E-state index in [1.165, 1.54) is 0 Å². The molecule has 2 saturated heterocycles. The summed E-state index contributed by atoms with van der Waals surface area (Å²) in [6.07, 6.45) is -1.79. The fourth-order valence-electron chi connectivity index (χ4n) is 3.91. The monoisotopic (exact) mass is 441 g/mol. The Bertz CT molecular complexity index is 890. The molecular formula is C20H22F3N3O5. The van der Waals surface area contributed by atoms with Crippen molar-refractivity contribution < 1.29 is 37.0 Å². The summed E-state index contributed by atoms with van der Waals surface area (Å²) in [5, 5.41) is 7.12. The Balaban J connectivity index is 0.000000339. The predicted molar refractivity (Wildman–Crippen MR) is 101 cm³/mol. The number of carboxylic acids is 1. The number of pyridine rings is 1. The van der Waals surface area contributed by atoms with Gasteiger partial charge >= 0.3 is 12.1 Å². The van der Waals surface area contributed by atoms with Crippen LogP contribution < -0.4 is 4.74 Å². The Hall–Kier alpha value is -3.08. The molecular weight excluding hydrogens is 419 g/mol. The van der Waals surface area contributed by atoms with Gasteiger partial charge in [-0.3, -0.25) is 9.69 Å². The summed E-state index contributed by atoms with van der Waals surface area (Å²) in [6.45, 7) is 4.47. The van der Waals surface area contributed by atoms with Crippen LogP contribution in [-0.2, 0) is 11.3 Å². The first-order valence-electron chi connectivity index (χ1n) is 9.52. The van der Waals surface area contributed by atoms with Crippen molar-refractivity contribution in [1.82, 2.24) is 14.8 Å². The summed E-state index contributed by atoms with van der Waals surface area (Å²) in [7, 11) is 1.66. The standard InChI is InChI=1S/C18H21N3O3.C2HF3O2/c1-23-17-13(4-2-6-19-17)8-20-9-14-11-21(12-15(14)10-20)18(22)16-5-3-7-24-16;3-2(4,5)1(6)7/h2-7,14-15H,8-12H2,1H3;(H,6,7)/t14-,15+;. The fraction of sp³-hybridized carbons (Fsp3) is 0.450. The van der Waals surface area contributed by atoms with Crippen LogP contribution in [0.3, 0.4) is 0 Å². The summed E-state index contributed by atoms with van der Waals surface area (Å²) in [6, 6.07) is 7.50. The summed E-state index contributed by atoms with van der Waals surface area (Å²) >= 11 is 0. The highest BCUT2D eigenvalue weighted by Gasteiger charge is 2.42. The van der Waals surface area contributed by atoms with Crippen LogP contribution in [0.4, 0.5) is 13.2 Å². The number of likely N-dealkylation sites (tertiary alicyclic amines) is 2. The third-order valence-corrected chi connectivity index (χ3v) is 5.26. The second kappa shape index (κ2) is 9.38. The number of hydrogen-bond acceptors (Lipinski definition) is 6. The van der Waals surface area contributed by atoms with Gasteiger partial charge in [0.1, 0.15) is 0 Å². The number of alkyl halides is 3. The van der Waals surface area contributed by atoms with Crippen LogP contribution in [0.1, 0.15) is 16.1 Å². The summed E-state index contributed by atoms with van der Waals surface area (Å²) in [5.74, 6) is -0.545. The third kappa shape index (κ3) is 5.54. The third-order valence-electron chi connectivity index (χ3n) is 5.26. The van der Waals surface area contributed by atoms with Crippen molar-refractivity contribution in [3.05, 3.63) is 48.0 Å². The lowest BCUT2D eigenvalue weighted by Crippen LogP contribution is -2.33. The fourth-order valence-corrected chi connectivity index (χ4v) is 3.91. The molecule has 2 aromatic heterocycles. The Morgan fingerprint density at radius 1 is 1.19 bits per heavy atom. The topological polar surface area (TPSA) is 96.1 Å². The van der Waals surface area contributed by atoms with Gasteiger partial charge in [0.2, 0.25) is 5.88 Å². The average Bonchev–Trinajstić information content (AvgIpc) is 3.44. The molecule has 4 rings (SSSR count). The van der Waals surface area contributed by atoms with Gasteiger partial charge in [0.15, 0.2) is 5.76 Å². The maximum absolute atomic E-state index is 12.4. The zero-order chi connectivity index (χ0) is 22.6. The van der Waals surface area contributed by atoms with Crippen molar-refractivity contribution in [1.29, 1.82) is 0 Å². The molecule has 11 heteroatoms. The van der Waals surface area contributed by atoms with E-state index in [0.29, 0.717) is 23.5 Å². The predicted octanol–water partition coefficient (Wildman–Crippen LogP) is 2.52. The largest absolute Gasteiger partial charge is 0.490 e. The number of carbonyl (C=O) groups excluding carboxylic acids is 1. The summed E-state index contributed by atoms with van der Waals surface area (Å²) in [4.78, 5) is 29.9. The quantitative estimate of drug-likeness (QED) is 0.779. The molecule has 0 saturated carbocycles. The number of furan rings is 1. The number of ether oxygens (including phenoxy) is 1. The molecule has 2 aliphatic rings. The molecule has 2 aromatic rings. The van der Waals surface area contributed by atoms with Gasteiger partial charge in [0.25, 0.3) is 5.91 Å². The van der Waals surface area contributed by atoms with Crippen LogP contribution in [0.25, 0.3) is 0 Å². The normalized spacial score (nSPS) is 20.7. The van der Waals surface area contributed by atoms with Gasteiger partial charge < -0.3 is 19.2 Å². The molecule has 4 heterocycles. The highest BCUT2D eigenvalue weighted by molar-refractivity contribution is 5.91. The molecule has 2 atom stereocenters. The van der Waals surface area contributed by atoms with E-state index in [0.717, 1.165) is 38.3 Å². The minimum atomic E-state index is -5.08. The molecule has 2 fully saturated rings. The van der Waals surface area contributed by atoms with Crippen molar-refractivity contribution in [3.63, 3.8) is 0 Å². The zero-order valence-corrected chi connectivity index (χ0v) is 16.7. The zero-order valence-electron chi connectivity index (χ0n) is 16.7. The maximum Gasteiger partial charge on any atom is 0.490 e. The number of amides is 1. The van der Waals surface area contributed by atoms with Gasteiger partial charge in [0.05, 0.1) is 13.4 Å². The molecule has 2 aliphatic heterocycles. The number of aromatic nitrogens is 1. The smallest absolute Gasteiger partial charge is 0.481 e. The first kappa shape index (κ1) is 22.6. The second-order valence-corrected chi connectivity index (χ2v) is 7.38. The minimum Gasteiger partial charge on any atom is -0.481 e. The first-order chi connectivity index (χ1) is 14.7. The van der Waals surface area contributed by atoms with Crippen molar-refractivity contribution in [3.8, 4) is 5.88 Å². The molecule has 0 aromatic carbocycles. The Kier molecular flexibility index (Phi) is 6.84. The van der Waals surface area contributed by atoms with E-state index in [1.807, 2.05) is 11.0 Å². The van der Waals surface area contributed by atoms with Gasteiger partial charge in [-0.1, -0.05) is 6.07 Å². The van der Waals surface area contributed by atoms with Crippen LogP contribution in [-0.4, -0.2) is 71.2 Å². The van der Waals surface area contributed by atoms with Gasteiger partial charge in [-0.2, -0.15) is 13.2 Å². The Morgan fingerprint density at radius 2 is 1.84 bits per heavy atom. The van der Waals surface area contributed by atoms with Crippen molar-refractivity contribution in [2.45, 2.75) is 12.7 Å². The number of fused-ring (bicyclic) bond motifs is 1. The van der Waals surface area contributed by atoms with Gasteiger partial charge in [-0.05, 0) is 30.0 Å². The lowest BCUT2D eigenvalue weighted by molar-refractivity contribution is -0.192. The van der Waals surface area contributed by atoms with Crippen molar-refractivity contribution in [2.24, 2.45) is 11.8 Å². The Morgan fingerprint density at radius 3 is 2.35 bits per heavy atom. The first-order valence-corrected chi connectivity index (χ1v) is 9.52. The van der Waals surface area contributed by atoms with Crippen LogP contribution in [0.5, 0.6) is 5.88 Å². The number of halogens is 3. The summed E-state index contributed by atoms with van der Waals surface area (Å²) < 4.78 is 42.3. The molecule has 0 bridgehead atoms. The molecule has 0 spiro atoms. The van der Waals surface area contributed by atoms with E-state index in [4.69, 9.17) is 19.1 Å². The molecule has 1 N–H and O–H groups in total. The van der Waals surface area contributed by atoms with Gasteiger partial charge in [-0.25, -0.2) is 9.78 Å². The minimum absolute atomic E-state index is 0.00915. The van der Waals surface area contributed by atoms with Crippen LogP contribution in [0.2, 0.25) is 0 Å². The molecule has 0 aliphatic carbocycles. The van der Waals surface area contributed by atoms with E-state index in [-0.39, 0.29) is 5.91 Å². The van der Waals surface area contributed by atoms with E-state index < -0.39 is 12.1 Å². The second-order valence-electron chi connectivity index (χ2n) is 7.38. The van der Waals surface area contributed by atoms with E-state index >= 15 is 0 Å². The maximum atomic E-state index is 12.4. The molecule has 168 valence electrons. The number of rotatable bonds is 4. The number of aliphatic carboxylic acids is 1. The van der Waals surface area contributed by atoms with Crippen LogP contribution >= 0.6 is 0 Å². The number of nitrogens with zero attached hydrogens (tertiary/aromatic N) is 3. The lowest BCUT2D eigenvalue weighted by atomic mass is 10.0. The lowest BCUT2D eigenvalue weighted by Gasteiger charge is -2.21. The highest BCUT2D eigenvalue weighted by atomic mass is 19.4. The highest BCUT2D eigenvalue weighted by Crippen LogP contribution is 2.33. The summed E-state index contributed by atoms with van der Waals surface area (Å²) in [5.41, 5.74) is 1.11. The number of hydrogen-bond donors (Lipinski definition) is 1. The molecule has 31 heavy (non-hydrogen) atoms. The van der Waals surface area contributed by atoms with Crippen LogP contribution in [0, 0.1) is 11.8 Å². The Labute approximate surface area is 176 Å². The molecule has 8 nitrogen and oxygen atoms in total. The number of carbonyl (C=O) groups is 2. The van der Waals surface area contributed by atoms with Gasteiger partial charge in [0, 0.05) is 44.5 Å². The van der Waals surface area contributed by atoms with Crippen molar-refractivity contribution in [2.75, 3.05) is 33.3 Å². The molecule has 0 radical (unpaired) electrons. The van der Waals surface area contributed by atoms with Crippen LogP contribution in [0.15, 0.2) is 41.1 Å². The average molecular weight is 441 g/mol. The van der Waals surface area contributed by atoms with Gasteiger partial charge in [-0.15, -0.1) is 0 Å². The van der Waals surface area contributed by atoms with E-state index in [1.54, 1.807) is 31.7 Å². The van der Waals surface area contributed by atoms with E-state index in [9.17, 15) is 18.0 Å². The number of methoxy groups -OCH3 is 1. The SMILES string of the molecule is COc1ncccc1CN1C[C@@H]2CN(C(=O)c3ccco3)C[C@@H]2C1.O=C(O)C(F)(F)F.